The second-order valence-electron chi connectivity index (χ2n) is 9.34. The fourth-order valence-electron chi connectivity index (χ4n) is 5.04. The van der Waals surface area contributed by atoms with Gasteiger partial charge in [0, 0.05) is 21.9 Å². The number of hydrogen-bond donors (Lipinski definition) is 0. The van der Waals surface area contributed by atoms with E-state index in [-0.39, 0.29) is 0 Å². The highest BCUT2D eigenvalue weighted by molar-refractivity contribution is 6.11. The van der Waals surface area contributed by atoms with Gasteiger partial charge in [-0.2, -0.15) is 0 Å². The zero-order valence-corrected chi connectivity index (χ0v) is 20.8. The van der Waals surface area contributed by atoms with Crippen molar-refractivity contribution in [2.24, 2.45) is 0 Å². The highest BCUT2D eigenvalue weighted by Gasteiger charge is 2.17. The molecule has 180 valence electrons. The highest BCUT2D eigenvalue weighted by atomic mass is 16.3. The molecule has 0 radical (unpaired) electrons. The third kappa shape index (κ3) is 3.93. The van der Waals surface area contributed by atoms with Crippen LogP contribution in [0.2, 0.25) is 0 Å². The minimum atomic E-state index is 0.635. The number of furan rings is 1. The summed E-state index contributed by atoms with van der Waals surface area (Å²) in [7, 11) is 0. The van der Waals surface area contributed by atoms with E-state index in [1.54, 1.807) is 0 Å². The molecule has 7 rings (SSSR count). The van der Waals surface area contributed by atoms with Crippen LogP contribution in [0.3, 0.4) is 0 Å². The van der Waals surface area contributed by atoms with Gasteiger partial charge in [0.2, 0.25) is 0 Å². The van der Waals surface area contributed by atoms with Crippen LogP contribution in [-0.4, -0.2) is 15.0 Å². The Morgan fingerprint density at radius 3 is 1.76 bits per heavy atom. The van der Waals surface area contributed by atoms with Crippen molar-refractivity contribution in [3.05, 3.63) is 127 Å². The molecular formula is C34H23N3O. The highest BCUT2D eigenvalue weighted by Crippen LogP contribution is 2.36. The Morgan fingerprint density at radius 1 is 0.474 bits per heavy atom. The van der Waals surface area contributed by atoms with E-state index in [1.165, 1.54) is 0 Å². The predicted molar refractivity (Wildman–Crippen MR) is 154 cm³/mol. The average Bonchev–Trinajstić information content (AvgIpc) is 3.36. The van der Waals surface area contributed by atoms with Crippen LogP contribution in [0.15, 0.2) is 126 Å². The molecule has 0 aliphatic rings. The molecule has 38 heavy (non-hydrogen) atoms. The van der Waals surface area contributed by atoms with Crippen molar-refractivity contribution in [3.8, 4) is 45.0 Å². The van der Waals surface area contributed by atoms with E-state index in [0.29, 0.717) is 17.5 Å². The van der Waals surface area contributed by atoms with Crippen LogP contribution in [0.4, 0.5) is 0 Å². The van der Waals surface area contributed by atoms with E-state index in [1.807, 2.05) is 49.4 Å². The average molecular weight is 490 g/mol. The zero-order valence-electron chi connectivity index (χ0n) is 20.8. The van der Waals surface area contributed by atoms with Crippen molar-refractivity contribution in [1.29, 1.82) is 0 Å². The lowest BCUT2D eigenvalue weighted by atomic mass is 9.96. The summed E-state index contributed by atoms with van der Waals surface area (Å²) < 4.78 is 6.12. The topological polar surface area (TPSA) is 51.8 Å². The van der Waals surface area contributed by atoms with E-state index in [9.17, 15) is 0 Å². The number of hydrogen-bond acceptors (Lipinski definition) is 4. The van der Waals surface area contributed by atoms with E-state index in [0.717, 1.165) is 55.3 Å². The Balaban J connectivity index is 1.44. The number of fused-ring (bicyclic) bond motifs is 3. The van der Waals surface area contributed by atoms with Crippen molar-refractivity contribution in [1.82, 2.24) is 15.0 Å². The minimum Gasteiger partial charge on any atom is -0.456 e. The molecule has 0 unspecified atom stereocenters. The Labute approximate surface area is 220 Å². The monoisotopic (exact) mass is 489 g/mol. The molecule has 5 aromatic carbocycles. The second-order valence-corrected chi connectivity index (χ2v) is 9.34. The molecule has 2 aromatic heterocycles. The molecule has 0 aliphatic carbocycles. The Hall–Kier alpha value is -5.09. The van der Waals surface area contributed by atoms with E-state index < -0.39 is 0 Å². The van der Waals surface area contributed by atoms with Gasteiger partial charge < -0.3 is 4.42 Å². The minimum absolute atomic E-state index is 0.635. The van der Waals surface area contributed by atoms with Crippen molar-refractivity contribution in [3.63, 3.8) is 0 Å². The van der Waals surface area contributed by atoms with E-state index >= 15 is 0 Å². The molecule has 2 heterocycles. The molecule has 0 bridgehead atoms. The number of aryl methyl sites for hydroxylation is 1. The molecule has 0 saturated carbocycles. The summed E-state index contributed by atoms with van der Waals surface area (Å²) in [5.74, 6) is 1.95. The largest absolute Gasteiger partial charge is 0.456 e. The Bertz CT molecular complexity index is 1870. The summed E-state index contributed by atoms with van der Waals surface area (Å²) >= 11 is 0. The first-order chi connectivity index (χ1) is 18.7. The van der Waals surface area contributed by atoms with Gasteiger partial charge in [-0.1, -0.05) is 91.0 Å². The summed E-state index contributed by atoms with van der Waals surface area (Å²) in [6, 6.07) is 41.5. The van der Waals surface area contributed by atoms with Crippen LogP contribution in [0.5, 0.6) is 0 Å². The van der Waals surface area contributed by atoms with Crippen LogP contribution >= 0.6 is 0 Å². The molecule has 7 aromatic rings. The van der Waals surface area contributed by atoms with Crippen LogP contribution in [-0.2, 0) is 0 Å². The first-order valence-electron chi connectivity index (χ1n) is 12.6. The summed E-state index contributed by atoms with van der Waals surface area (Å²) in [5.41, 5.74) is 8.07. The molecule has 0 aliphatic heterocycles. The molecule has 0 N–H and O–H groups in total. The van der Waals surface area contributed by atoms with Crippen LogP contribution < -0.4 is 0 Å². The lowest BCUT2D eigenvalue weighted by molar-refractivity contribution is 0.669. The first-order valence-corrected chi connectivity index (χ1v) is 12.6. The maximum absolute atomic E-state index is 6.12. The maximum Gasteiger partial charge on any atom is 0.164 e. The number of nitrogens with zero attached hydrogens (tertiary/aromatic N) is 3. The van der Waals surface area contributed by atoms with Crippen LogP contribution in [0, 0.1) is 6.92 Å². The molecule has 0 amide bonds. The Morgan fingerprint density at radius 2 is 1.05 bits per heavy atom. The van der Waals surface area contributed by atoms with Gasteiger partial charge in [0.25, 0.3) is 0 Å². The molecule has 0 saturated heterocycles. The third-order valence-electron chi connectivity index (χ3n) is 6.80. The van der Waals surface area contributed by atoms with Gasteiger partial charge in [-0.05, 0) is 59.5 Å². The van der Waals surface area contributed by atoms with Gasteiger partial charge in [0.05, 0.1) is 0 Å². The van der Waals surface area contributed by atoms with Crippen LogP contribution in [0.25, 0.3) is 67.0 Å². The first kappa shape index (κ1) is 22.1. The number of para-hydroxylation sites is 1. The molecular weight excluding hydrogens is 466 g/mol. The summed E-state index contributed by atoms with van der Waals surface area (Å²) in [5, 5.41) is 2.07. The third-order valence-corrected chi connectivity index (χ3v) is 6.80. The lowest BCUT2D eigenvalue weighted by Crippen LogP contribution is -2.00. The van der Waals surface area contributed by atoms with E-state index in [2.05, 4.69) is 78.9 Å². The van der Waals surface area contributed by atoms with Crippen LogP contribution in [0.1, 0.15) is 5.82 Å². The van der Waals surface area contributed by atoms with Crippen molar-refractivity contribution >= 4 is 21.9 Å². The fraction of sp³-hybridized carbons (Fsp3) is 0.0294. The molecule has 0 atom stereocenters. The summed E-state index contributed by atoms with van der Waals surface area (Å²) in [6.45, 7) is 1.92. The SMILES string of the molecule is Cc1nc(-c2cc(-c3ccccc3)cc(-c3ccccc3)c2)nc(-c2cccc3oc4ccccc4c23)n1. The number of benzene rings is 5. The van der Waals surface area contributed by atoms with Gasteiger partial charge >= 0.3 is 0 Å². The smallest absolute Gasteiger partial charge is 0.164 e. The normalized spacial score (nSPS) is 11.3. The molecule has 4 nitrogen and oxygen atoms in total. The van der Waals surface area contributed by atoms with Gasteiger partial charge in [-0.25, -0.2) is 15.0 Å². The van der Waals surface area contributed by atoms with E-state index in [4.69, 9.17) is 19.4 Å². The molecule has 4 heteroatoms. The quantitative estimate of drug-likeness (QED) is 0.248. The summed E-state index contributed by atoms with van der Waals surface area (Å²) in [6.07, 6.45) is 0. The number of rotatable bonds is 4. The zero-order chi connectivity index (χ0) is 25.5. The fourth-order valence-corrected chi connectivity index (χ4v) is 5.04. The molecule has 0 spiro atoms. The van der Waals surface area contributed by atoms with Gasteiger partial charge in [-0.15, -0.1) is 0 Å². The maximum atomic E-state index is 6.12. The Kier molecular flexibility index (Phi) is 5.30. The van der Waals surface area contributed by atoms with Gasteiger partial charge in [-0.3, -0.25) is 0 Å². The van der Waals surface area contributed by atoms with Gasteiger partial charge in [0.15, 0.2) is 11.6 Å². The van der Waals surface area contributed by atoms with Crippen molar-refractivity contribution in [2.75, 3.05) is 0 Å². The molecule has 0 fully saturated rings. The predicted octanol–water partition coefficient (Wildman–Crippen LogP) is 8.75. The number of aromatic nitrogens is 3. The summed E-state index contributed by atoms with van der Waals surface area (Å²) in [4.78, 5) is 14.6. The van der Waals surface area contributed by atoms with Crippen molar-refractivity contribution < 1.29 is 4.42 Å². The lowest BCUT2D eigenvalue weighted by Gasteiger charge is -2.12. The van der Waals surface area contributed by atoms with Crippen molar-refractivity contribution in [2.45, 2.75) is 6.92 Å². The second kappa shape index (κ2) is 9.09. The van der Waals surface area contributed by atoms with Gasteiger partial charge in [0.1, 0.15) is 17.0 Å². The standard InChI is InChI=1S/C34H23N3O/c1-22-35-33(37-34(36-22)29-16-10-18-31-32(29)28-15-8-9-17-30(28)38-31)27-20-25(23-11-4-2-5-12-23)19-26(21-27)24-13-6-3-7-14-24/h2-21H,1H3.